The lowest BCUT2D eigenvalue weighted by molar-refractivity contribution is -0.148. The summed E-state index contributed by atoms with van der Waals surface area (Å²) < 4.78 is 1.83. The Bertz CT molecular complexity index is 973. The Kier molecular flexibility index (Phi) is 3.86. The molecule has 1 aromatic carbocycles. The lowest BCUT2D eigenvalue weighted by atomic mass is 9.86. The maximum atomic E-state index is 12.3. The zero-order valence-electron chi connectivity index (χ0n) is 14.9. The first kappa shape index (κ1) is 16.5. The molecule has 1 aliphatic rings. The number of fused-ring (bicyclic) bond motifs is 1. The molecule has 1 fully saturated rings. The van der Waals surface area contributed by atoms with E-state index in [0.29, 0.717) is 25.9 Å². The fourth-order valence-electron chi connectivity index (χ4n) is 3.77. The van der Waals surface area contributed by atoms with E-state index in [1.807, 2.05) is 42.7 Å². The molecule has 1 N–H and O–H groups in total. The van der Waals surface area contributed by atoms with Gasteiger partial charge in [0.2, 0.25) is 0 Å². The van der Waals surface area contributed by atoms with Gasteiger partial charge in [-0.15, -0.1) is 0 Å². The van der Waals surface area contributed by atoms with Gasteiger partial charge in [0.25, 0.3) is 0 Å². The van der Waals surface area contributed by atoms with Crippen LogP contribution in [-0.4, -0.2) is 43.7 Å². The fraction of sp³-hybridized carbons (Fsp3) is 0.368. The first-order chi connectivity index (χ1) is 12.5. The molecule has 3 heterocycles. The van der Waals surface area contributed by atoms with E-state index in [9.17, 15) is 9.90 Å². The van der Waals surface area contributed by atoms with Crippen molar-refractivity contribution in [2.75, 3.05) is 18.0 Å². The number of carbonyl (C=O) groups is 1. The Balaban J connectivity index is 1.68. The number of rotatable bonds is 3. The van der Waals surface area contributed by atoms with Crippen molar-refractivity contribution in [1.82, 2.24) is 19.5 Å². The average Bonchev–Trinajstić information content (AvgIpc) is 3.08. The molecule has 26 heavy (non-hydrogen) atoms. The minimum Gasteiger partial charge on any atom is -0.479 e. The zero-order valence-corrected chi connectivity index (χ0v) is 14.9. The molecule has 0 spiro atoms. The van der Waals surface area contributed by atoms with Gasteiger partial charge in [0, 0.05) is 19.3 Å². The van der Waals surface area contributed by atoms with E-state index in [1.165, 1.54) is 0 Å². The van der Waals surface area contributed by atoms with E-state index >= 15 is 0 Å². The quantitative estimate of drug-likeness (QED) is 0.781. The number of anilines is 1. The van der Waals surface area contributed by atoms with Gasteiger partial charge in [0.15, 0.2) is 0 Å². The molecule has 0 radical (unpaired) electrons. The summed E-state index contributed by atoms with van der Waals surface area (Å²) >= 11 is 0. The van der Waals surface area contributed by atoms with Gasteiger partial charge in [-0.25, -0.2) is 14.8 Å². The van der Waals surface area contributed by atoms with E-state index in [1.54, 1.807) is 12.5 Å². The standard InChI is InChI=1S/C19H21N5O2/c1-13-11-20-14(2)17(22-13)23-9-7-19(8-10-23,18(25)26)24-12-21-15-5-3-4-6-16(15)24/h3-6,11-12H,7-10H2,1-2H3,(H,25,26). The summed E-state index contributed by atoms with van der Waals surface area (Å²) in [5.74, 6) is 0.0341. The predicted molar refractivity (Wildman–Crippen MR) is 98.3 cm³/mol. The van der Waals surface area contributed by atoms with Gasteiger partial charge >= 0.3 is 5.97 Å². The van der Waals surface area contributed by atoms with Crippen LogP contribution in [0, 0.1) is 13.8 Å². The summed E-state index contributed by atoms with van der Waals surface area (Å²) in [7, 11) is 0. The number of hydrogen-bond acceptors (Lipinski definition) is 5. The third-order valence-electron chi connectivity index (χ3n) is 5.25. The minimum absolute atomic E-state index is 0.484. The molecule has 0 amide bonds. The van der Waals surface area contributed by atoms with E-state index < -0.39 is 11.5 Å². The molecule has 0 atom stereocenters. The Morgan fingerprint density at radius 1 is 1.15 bits per heavy atom. The summed E-state index contributed by atoms with van der Waals surface area (Å²) in [4.78, 5) is 27.8. The van der Waals surface area contributed by atoms with Crippen molar-refractivity contribution >= 4 is 22.8 Å². The molecule has 0 bridgehead atoms. The summed E-state index contributed by atoms with van der Waals surface area (Å²) in [6, 6.07) is 7.66. The van der Waals surface area contributed by atoms with Crippen molar-refractivity contribution in [2.24, 2.45) is 0 Å². The molecular formula is C19H21N5O2. The number of aromatic nitrogens is 4. The van der Waals surface area contributed by atoms with Gasteiger partial charge in [0.05, 0.1) is 28.7 Å². The van der Waals surface area contributed by atoms with Crippen molar-refractivity contribution in [1.29, 1.82) is 0 Å². The second kappa shape index (κ2) is 6.09. The second-order valence-corrected chi connectivity index (χ2v) is 6.85. The van der Waals surface area contributed by atoms with Crippen LogP contribution in [0.4, 0.5) is 5.82 Å². The van der Waals surface area contributed by atoms with Crippen LogP contribution in [0.3, 0.4) is 0 Å². The van der Waals surface area contributed by atoms with Crippen LogP contribution in [0.15, 0.2) is 36.8 Å². The van der Waals surface area contributed by atoms with Gasteiger partial charge in [0.1, 0.15) is 11.4 Å². The van der Waals surface area contributed by atoms with Gasteiger partial charge in [-0.3, -0.25) is 4.98 Å². The number of carboxylic acid groups (broad SMARTS) is 1. The largest absolute Gasteiger partial charge is 0.479 e. The van der Waals surface area contributed by atoms with Crippen LogP contribution in [0.5, 0.6) is 0 Å². The molecule has 1 saturated heterocycles. The van der Waals surface area contributed by atoms with Crippen molar-refractivity contribution in [3.05, 3.63) is 48.2 Å². The molecule has 0 saturated carbocycles. The highest BCUT2D eigenvalue weighted by molar-refractivity contribution is 5.82. The highest BCUT2D eigenvalue weighted by Gasteiger charge is 2.44. The average molecular weight is 351 g/mol. The summed E-state index contributed by atoms with van der Waals surface area (Å²) in [6.07, 6.45) is 4.38. The molecule has 2 aromatic heterocycles. The number of carboxylic acids is 1. The molecule has 7 nitrogen and oxygen atoms in total. The monoisotopic (exact) mass is 351 g/mol. The van der Waals surface area contributed by atoms with Crippen LogP contribution in [0.2, 0.25) is 0 Å². The molecule has 4 rings (SSSR count). The maximum absolute atomic E-state index is 12.3. The molecule has 1 aliphatic heterocycles. The second-order valence-electron chi connectivity index (χ2n) is 6.85. The number of aryl methyl sites for hydroxylation is 2. The first-order valence-corrected chi connectivity index (χ1v) is 8.72. The van der Waals surface area contributed by atoms with Crippen LogP contribution < -0.4 is 4.90 Å². The molecule has 3 aromatic rings. The third kappa shape index (κ3) is 2.51. The van der Waals surface area contributed by atoms with Gasteiger partial charge in [-0.1, -0.05) is 12.1 Å². The third-order valence-corrected chi connectivity index (χ3v) is 5.25. The summed E-state index contributed by atoms with van der Waals surface area (Å²) in [5.41, 5.74) is 2.41. The Labute approximate surface area is 151 Å². The Hall–Kier alpha value is -2.96. The summed E-state index contributed by atoms with van der Waals surface area (Å²) in [6.45, 7) is 5.07. The maximum Gasteiger partial charge on any atom is 0.330 e. The number of imidazole rings is 1. The zero-order chi connectivity index (χ0) is 18.3. The number of aliphatic carboxylic acids is 1. The fourth-order valence-corrected chi connectivity index (χ4v) is 3.77. The molecule has 0 aliphatic carbocycles. The number of hydrogen-bond donors (Lipinski definition) is 1. The van der Waals surface area contributed by atoms with Gasteiger partial charge in [-0.2, -0.15) is 0 Å². The highest BCUT2D eigenvalue weighted by atomic mass is 16.4. The topological polar surface area (TPSA) is 84.1 Å². The van der Waals surface area contributed by atoms with Crippen molar-refractivity contribution in [2.45, 2.75) is 32.2 Å². The van der Waals surface area contributed by atoms with Crippen LogP contribution in [-0.2, 0) is 10.3 Å². The summed E-state index contributed by atoms with van der Waals surface area (Å²) in [5, 5.41) is 10.1. The number of benzene rings is 1. The normalized spacial score (nSPS) is 16.8. The van der Waals surface area contributed by atoms with Gasteiger partial charge < -0.3 is 14.6 Å². The smallest absolute Gasteiger partial charge is 0.330 e. The number of nitrogens with zero attached hydrogens (tertiary/aromatic N) is 5. The molecule has 7 heteroatoms. The van der Waals surface area contributed by atoms with Crippen molar-refractivity contribution < 1.29 is 9.90 Å². The Morgan fingerprint density at radius 3 is 2.62 bits per heavy atom. The van der Waals surface area contributed by atoms with E-state index in [-0.39, 0.29) is 0 Å². The number of piperidine rings is 1. The minimum atomic E-state index is -0.988. The highest BCUT2D eigenvalue weighted by Crippen LogP contribution is 2.35. The first-order valence-electron chi connectivity index (χ1n) is 8.72. The van der Waals surface area contributed by atoms with Gasteiger partial charge in [-0.05, 0) is 38.8 Å². The SMILES string of the molecule is Cc1cnc(C)c(N2CCC(C(=O)O)(n3cnc4ccccc43)CC2)n1. The van der Waals surface area contributed by atoms with E-state index in [4.69, 9.17) is 0 Å². The van der Waals surface area contributed by atoms with Crippen LogP contribution in [0.1, 0.15) is 24.2 Å². The number of para-hydroxylation sites is 2. The van der Waals surface area contributed by atoms with E-state index in [0.717, 1.165) is 28.2 Å². The van der Waals surface area contributed by atoms with Crippen LogP contribution in [0.25, 0.3) is 11.0 Å². The molecular weight excluding hydrogens is 330 g/mol. The van der Waals surface area contributed by atoms with Crippen molar-refractivity contribution in [3.8, 4) is 0 Å². The lowest BCUT2D eigenvalue weighted by Crippen LogP contribution is -2.51. The molecule has 134 valence electrons. The van der Waals surface area contributed by atoms with Crippen LogP contribution >= 0.6 is 0 Å². The van der Waals surface area contributed by atoms with Crippen molar-refractivity contribution in [3.63, 3.8) is 0 Å². The predicted octanol–water partition coefficient (Wildman–Crippen LogP) is 2.52. The Morgan fingerprint density at radius 2 is 1.88 bits per heavy atom. The molecule has 0 unspecified atom stereocenters. The van der Waals surface area contributed by atoms with E-state index in [2.05, 4.69) is 19.9 Å². The lowest BCUT2D eigenvalue weighted by Gasteiger charge is -2.40.